The number of benzene rings is 1. The largest absolute Gasteiger partial charge is 0.340 e. The first-order valence-corrected chi connectivity index (χ1v) is 4.82. The Morgan fingerprint density at radius 2 is 1.79 bits per heavy atom. The molecule has 14 heavy (non-hydrogen) atoms. The van der Waals surface area contributed by atoms with Crippen LogP contribution in [0, 0.1) is 0 Å². The number of nitrogens with zero attached hydrogens (tertiary/aromatic N) is 1. The van der Waals surface area contributed by atoms with Gasteiger partial charge in [0.25, 0.3) is 0 Å². The fourth-order valence-corrected chi connectivity index (χ4v) is 1.57. The van der Waals surface area contributed by atoms with E-state index in [4.69, 9.17) is 9.47 Å². The van der Waals surface area contributed by atoms with E-state index in [9.17, 15) is 0 Å². The molecule has 0 N–H and O–H groups in total. The highest BCUT2D eigenvalue weighted by molar-refractivity contribution is 5.18. The maximum Gasteiger partial charge on any atom is 0.150 e. The van der Waals surface area contributed by atoms with E-state index in [1.54, 1.807) is 0 Å². The highest BCUT2D eigenvalue weighted by Crippen LogP contribution is 2.20. The normalized spacial score (nSPS) is 20.6. The fourth-order valence-electron chi connectivity index (χ4n) is 1.57. The van der Waals surface area contributed by atoms with Crippen LogP contribution in [0.5, 0.6) is 0 Å². The van der Waals surface area contributed by atoms with Gasteiger partial charge in [0.05, 0.1) is 0 Å². The molecule has 76 valence electrons. The van der Waals surface area contributed by atoms with E-state index in [-0.39, 0.29) is 0 Å². The Hall–Kier alpha value is -0.900. The first-order chi connectivity index (χ1) is 6.88. The van der Waals surface area contributed by atoms with E-state index in [1.165, 1.54) is 5.56 Å². The van der Waals surface area contributed by atoms with Crippen molar-refractivity contribution in [2.75, 3.05) is 20.3 Å². The topological polar surface area (TPSA) is 21.7 Å². The highest BCUT2D eigenvalue weighted by Gasteiger charge is 2.18. The summed E-state index contributed by atoms with van der Waals surface area (Å²) in [6, 6.07) is 10.7. The second kappa shape index (κ2) is 4.55. The Labute approximate surface area is 84.2 Å². The molecule has 0 aliphatic carbocycles. The predicted octanol–water partition coefficient (Wildman–Crippen LogP) is 1.97. The zero-order chi connectivity index (χ0) is 9.80. The Morgan fingerprint density at radius 1 is 1.14 bits per heavy atom. The van der Waals surface area contributed by atoms with E-state index < -0.39 is 0 Å². The lowest BCUT2D eigenvalue weighted by molar-refractivity contribution is -0.193. The standard InChI is InChI=1S/C11H15NO2/c1-10(11-5-3-2-4-6-11)12-7-13-9-14-8-12/h2-6,10H,7-9H2,1H3/t10-/m1/s1. The molecular formula is C11H15NO2. The molecule has 3 nitrogen and oxygen atoms in total. The quantitative estimate of drug-likeness (QED) is 0.716. The van der Waals surface area contributed by atoms with Crippen molar-refractivity contribution in [2.24, 2.45) is 0 Å². The molecule has 1 fully saturated rings. The third kappa shape index (κ3) is 2.12. The zero-order valence-corrected chi connectivity index (χ0v) is 8.35. The molecule has 1 heterocycles. The summed E-state index contributed by atoms with van der Waals surface area (Å²) in [5, 5.41) is 0. The lowest BCUT2D eigenvalue weighted by Crippen LogP contribution is -2.36. The Morgan fingerprint density at radius 3 is 2.43 bits per heavy atom. The van der Waals surface area contributed by atoms with Gasteiger partial charge in [-0.2, -0.15) is 0 Å². The van der Waals surface area contributed by atoms with Crippen LogP contribution in [0.4, 0.5) is 0 Å². The van der Waals surface area contributed by atoms with Gasteiger partial charge in [-0.15, -0.1) is 0 Å². The summed E-state index contributed by atoms with van der Waals surface area (Å²) in [5.41, 5.74) is 1.29. The molecule has 1 aliphatic heterocycles. The molecule has 2 rings (SSSR count). The molecule has 0 aromatic heterocycles. The summed E-state index contributed by atoms with van der Waals surface area (Å²) in [7, 11) is 0. The third-order valence-corrected chi connectivity index (χ3v) is 2.51. The van der Waals surface area contributed by atoms with Crippen molar-refractivity contribution in [1.29, 1.82) is 0 Å². The molecule has 0 radical (unpaired) electrons. The van der Waals surface area contributed by atoms with Gasteiger partial charge in [-0.05, 0) is 12.5 Å². The van der Waals surface area contributed by atoms with Gasteiger partial charge >= 0.3 is 0 Å². The first-order valence-electron chi connectivity index (χ1n) is 4.82. The summed E-state index contributed by atoms with van der Waals surface area (Å²) in [5.74, 6) is 0. The monoisotopic (exact) mass is 193 g/mol. The molecule has 1 aromatic carbocycles. The second-order valence-electron chi connectivity index (χ2n) is 3.46. The lowest BCUT2D eigenvalue weighted by atomic mass is 10.1. The van der Waals surface area contributed by atoms with Gasteiger partial charge in [0.1, 0.15) is 20.3 Å². The van der Waals surface area contributed by atoms with Crippen molar-refractivity contribution < 1.29 is 9.47 Å². The van der Waals surface area contributed by atoms with Crippen LogP contribution >= 0.6 is 0 Å². The van der Waals surface area contributed by atoms with E-state index in [0.29, 0.717) is 26.3 Å². The van der Waals surface area contributed by atoms with E-state index in [2.05, 4.69) is 36.1 Å². The van der Waals surface area contributed by atoms with Gasteiger partial charge in [0.15, 0.2) is 0 Å². The van der Waals surface area contributed by atoms with Gasteiger partial charge < -0.3 is 9.47 Å². The Bertz CT molecular complexity index is 270. The summed E-state index contributed by atoms with van der Waals surface area (Å²) >= 11 is 0. The van der Waals surface area contributed by atoms with Crippen molar-refractivity contribution in [2.45, 2.75) is 13.0 Å². The highest BCUT2D eigenvalue weighted by atomic mass is 16.7. The Balaban J connectivity index is 2.03. The SMILES string of the molecule is C[C@H](c1ccccc1)N1COCOC1. The summed E-state index contributed by atoms with van der Waals surface area (Å²) < 4.78 is 10.5. The van der Waals surface area contributed by atoms with Crippen LogP contribution < -0.4 is 0 Å². The van der Waals surface area contributed by atoms with E-state index in [1.807, 2.05) is 6.07 Å². The van der Waals surface area contributed by atoms with Crippen LogP contribution in [0.15, 0.2) is 30.3 Å². The second-order valence-corrected chi connectivity index (χ2v) is 3.46. The zero-order valence-electron chi connectivity index (χ0n) is 8.35. The van der Waals surface area contributed by atoms with Crippen LogP contribution in [-0.2, 0) is 9.47 Å². The van der Waals surface area contributed by atoms with Crippen LogP contribution in [0.2, 0.25) is 0 Å². The minimum absolute atomic E-state index is 0.344. The number of hydrogen-bond donors (Lipinski definition) is 0. The van der Waals surface area contributed by atoms with Crippen molar-refractivity contribution in [3.8, 4) is 0 Å². The predicted molar refractivity (Wildman–Crippen MR) is 53.5 cm³/mol. The molecular weight excluding hydrogens is 178 g/mol. The van der Waals surface area contributed by atoms with Gasteiger partial charge in [0.2, 0.25) is 0 Å². The maximum absolute atomic E-state index is 5.23. The van der Waals surface area contributed by atoms with Gasteiger partial charge in [-0.1, -0.05) is 30.3 Å². The fraction of sp³-hybridized carbons (Fsp3) is 0.455. The first kappa shape index (κ1) is 9.65. The summed E-state index contributed by atoms with van der Waals surface area (Å²) in [6.45, 7) is 3.87. The lowest BCUT2D eigenvalue weighted by Gasteiger charge is -2.31. The van der Waals surface area contributed by atoms with E-state index >= 15 is 0 Å². The summed E-state index contributed by atoms with van der Waals surface area (Å²) in [6.07, 6.45) is 0. The van der Waals surface area contributed by atoms with Crippen molar-refractivity contribution in [1.82, 2.24) is 4.90 Å². The molecule has 3 heteroatoms. The molecule has 0 amide bonds. The average Bonchev–Trinajstić information content (AvgIpc) is 2.30. The maximum atomic E-state index is 5.23. The number of hydrogen-bond acceptors (Lipinski definition) is 3. The smallest absolute Gasteiger partial charge is 0.150 e. The molecule has 1 aliphatic rings. The molecule has 0 bridgehead atoms. The Kier molecular flexibility index (Phi) is 3.14. The minimum Gasteiger partial charge on any atom is -0.340 e. The number of rotatable bonds is 2. The minimum atomic E-state index is 0.344. The van der Waals surface area contributed by atoms with Gasteiger partial charge in [-0.25, -0.2) is 0 Å². The van der Waals surface area contributed by atoms with Crippen molar-refractivity contribution in [3.63, 3.8) is 0 Å². The molecule has 0 spiro atoms. The van der Waals surface area contributed by atoms with Crippen LogP contribution in [0.25, 0.3) is 0 Å². The van der Waals surface area contributed by atoms with Crippen molar-refractivity contribution >= 4 is 0 Å². The molecule has 0 saturated carbocycles. The van der Waals surface area contributed by atoms with Crippen LogP contribution in [-0.4, -0.2) is 25.2 Å². The molecule has 1 atom stereocenters. The van der Waals surface area contributed by atoms with Crippen LogP contribution in [0.3, 0.4) is 0 Å². The van der Waals surface area contributed by atoms with Crippen molar-refractivity contribution in [3.05, 3.63) is 35.9 Å². The van der Waals surface area contributed by atoms with E-state index in [0.717, 1.165) is 0 Å². The van der Waals surface area contributed by atoms with Gasteiger partial charge in [-0.3, -0.25) is 4.90 Å². The molecule has 1 saturated heterocycles. The summed E-state index contributed by atoms with van der Waals surface area (Å²) in [4.78, 5) is 2.15. The number of ether oxygens (including phenoxy) is 2. The van der Waals surface area contributed by atoms with Gasteiger partial charge in [0, 0.05) is 6.04 Å². The molecule has 1 aromatic rings. The average molecular weight is 193 g/mol. The van der Waals surface area contributed by atoms with Crippen LogP contribution in [0.1, 0.15) is 18.5 Å². The third-order valence-electron chi connectivity index (χ3n) is 2.51. The molecule has 0 unspecified atom stereocenters.